The molecular formula is C15H27BrO4. The topological polar surface area (TPSA) is 63.6 Å². The van der Waals surface area contributed by atoms with Crippen molar-refractivity contribution in [3.63, 3.8) is 0 Å². The third-order valence-electron chi connectivity index (χ3n) is 3.10. The van der Waals surface area contributed by atoms with Gasteiger partial charge in [0.2, 0.25) is 0 Å². The fourth-order valence-electron chi connectivity index (χ4n) is 1.90. The van der Waals surface area contributed by atoms with Crippen LogP contribution in [0.4, 0.5) is 0 Å². The molecule has 1 unspecified atom stereocenters. The number of hydrogen-bond donors (Lipinski definition) is 1. The number of carboxylic acids is 1. The standard InChI is InChI=1S/C15H27BrO4/c1-13(16)15(19)20-12-10-8-6-4-2-3-5-7-9-11-14(17)18/h13H,2-12H2,1H3,(H,17,18). The van der Waals surface area contributed by atoms with Crippen LogP contribution in [0.3, 0.4) is 0 Å². The van der Waals surface area contributed by atoms with Gasteiger partial charge in [-0.1, -0.05) is 60.9 Å². The van der Waals surface area contributed by atoms with E-state index in [-0.39, 0.29) is 10.8 Å². The summed E-state index contributed by atoms with van der Waals surface area (Å²) in [6.45, 7) is 2.28. The Morgan fingerprint density at radius 3 is 1.85 bits per heavy atom. The van der Waals surface area contributed by atoms with Crippen molar-refractivity contribution in [1.82, 2.24) is 0 Å². The third kappa shape index (κ3) is 13.8. The molecule has 0 saturated heterocycles. The van der Waals surface area contributed by atoms with E-state index in [1.165, 1.54) is 25.7 Å². The van der Waals surface area contributed by atoms with E-state index in [4.69, 9.17) is 9.84 Å². The number of carbonyl (C=O) groups is 2. The van der Waals surface area contributed by atoms with Gasteiger partial charge < -0.3 is 9.84 Å². The summed E-state index contributed by atoms with van der Waals surface area (Å²) < 4.78 is 5.06. The van der Waals surface area contributed by atoms with Gasteiger partial charge in [-0.2, -0.15) is 0 Å². The Bertz CT molecular complexity index is 267. The molecule has 0 rings (SSSR count). The van der Waals surface area contributed by atoms with Gasteiger partial charge in [-0.15, -0.1) is 0 Å². The summed E-state index contributed by atoms with van der Waals surface area (Å²) in [4.78, 5) is 21.2. The van der Waals surface area contributed by atoms with Gasteiger partial charge in [0.25, 0.3) is 0 Å². The van der Waals surface area contributed by atoms with Crippen LogP contribution in [-0.4, -0.2) is 28.5 Å². The second kappa shape index (κ2) is 13.4. The van der Waals surface area contributed by atoms with Crippen LogP contribution in [0.25, 0.3) is 0 Å². The smallest absolute Gasteiger partial charge is 0.319 e. The van der Waals surface area contributed by atoms with Crippen LogP contribution in [0.5, 0.6) is 0 Å². The number of aliphatic carboxylic acids is 1. The Balaban J connectivity index is 3.10. The summed E-state index contributed by atoms with van der Waals surface area (Å²) in [7, 11) is 0. The van der Waals surface area contributed by atoms with Crippen LogP contribution >= 0.6 is 15.9 Å². The van der Waals surface area contributed by atoms with Gasteiger partial charge in [-0.3, -0.25) is 9.59 Å². The van der Waals surface area contributed by atoms with E-state index in [1.54, 1.807) is 6.92 Å². The highest BCUT2D eigenvalue weighted by Crippen LogP contribution is 2.11. The lowest BCUT2D eigenvalue weighted by Crippen LogP contribution is -2.14. The molecule has 1 N–H and O–H groups in total. The lowest BCUT2D eigenvalue weighted by molar-refractivity contribution is -0.142. The fraction of sp³-hybridized carbons (Fsp3) is 0.867. The molecule has 0 aliphatic heterocycles. The molecule has 1 atom stereocenters. The van der Waals surface area contributed by atoms with E-state index in [0.29, 0.717) is 13.0 Å². The molecule has 0 amide bonds. The molecule has 5 heteroatoms. The summed E-state index contributed by atoms with van der Waals surface area (Å²) in [5.74, 6) is -0.883. The van der Waals surface area contributed by atoms with Gasteiger partial charge >= 0.3 is 11.9 Å². The third-order valence-corrected chi connectivity index (χ3v) is 3.48. The van der Waals surface area contributed by atoms with E-state index in [2.05, 4.69) is 15.9 Å². The number of halogens is 1. The number of carboxylic acid groups (broad SMARTS) is 1. The number of carbonyl (C=O) groups excluding carboxylic acids is 1. The normalized spacial score (nSPS) is 12.1. The Hall–Kier alpha value is -0.580. The van der Waals surface area contributed by atoms with Gasteiger partial charge in [0.1, 0.15) is 4.83 Å². The SMILES string of the molecule is CC(Br)C(=O)OCCCCCCCCCCCC(=O)O. The number of ether oxygens (including phenoxy) is 1. The molecule has 0 aliphatic rings. The summed E-state index contributed by atoms with van der Waals surface area (Å²) in [6, 6.07) is 0. The predicted molar refractivity (Wildman–Crippen MR) is 83.2 cm³/mol. The number of alkyl halides is 1. The molecule has 0 aromatic heterocycles. The molecular weight excluding hydrogens is 324 g/mol. The van der Waals surface area contributed by atoms with Gasteiger partial charge in [0.15, 0.2) is 0 Å². The van der Waals surface area contributed by atoms with Crippen molar-refractivity contribution in [2.75, 3.05) is 6.61 Å². The number of rotatable bonds is 13. The highest BCUT2D eigenvalue weighted by molar-refractivity contribution is 9.10. The van der Waals surface area contributed by atoms with Gasteiger partial charge in [-0.25, -0.2) is 0 Å². The maximum absolute atomic E-state index is 11.1. The summed E-state index contributed by atoms with van der Waals surface area (Å²) in [5.41, 5.74) is 0. The Kier molecular flexibility index (Phi) is 13.0. The van der Waals surface area contributed by atoms with E-state index in [1.807, 2.05) is 0 Å². The molecule has 0 heterocycles. The zero-order valence-corrected chi connectivity index (χ0v) is 14.0. The monoisotopic (exact) mass is 350 g/mol. The minimum Gasteiger partial charge on any atom is -0.481 e. The van der Waals surface area contributed by atoms with Crippen molar-refractivity contribution >= 4 is 27.9 Å². The van der Waals surface area contributed by atoms with E-state index >= 15 is 0 Å². The molecule has 0 bridgehead atoms. The lowest BCUT2D eigenvalue weighted by atomic mass is 10.1. The molecule has 0 aromatic rings. The van der Waals surface area contributed by atoms with Crippen molar-refractivity contribution in [1.29, 1.82) is 0 Å². The number of unbranched alkanes of at least 4 members (excludes halogenated alkanes) is 8. The summed E-state index contributed by atoms with van der Waals surface area (Å²) in [6.07, 6.45) is 10.1. The van der Waals surface area contributed by atoms with Gasteiger partial charge in [-0.05, 0) is 19.8 Å². The number of hydrogen-bond acceptors (Lipinski definition) is 3. The molecule has 4 nitrogen and oxygen atoms in total. The average molecular weight is 351 g/mol. The van der Waals surface area contributed by atoms with Crippen molar-refractivity contribution in [3.8, 4) is 0 Å². The van der Waals surface area contributed by atoms with E-state index in [9.17, 15) is 9.59 Å². The van der Waals surface area contributed by atoms with Crippen LogP contribution < -0.4 is 0 Å². The van der Waals surface area contributed by atoms with Crippen LogP contribution in [-0.2, 0) is 14.3 Å². The fourth-order valence-corrected chi connectivity index (χ4v) is 2.04. The zero-order chi connectivity index (χ0) is 15.2. The minimum atomic E-state index is -0.694. The van der Waals surface area contributed by atoms with Crippen LogP contribution in [0, 0.1) is 0 Å². The molecule has 0 aliphatic carbocycles. The molecule has 0 saturated carbocycles. The lowest BCUT2D eigenvalue weighted by Gasteiger charge is -2.06. The van der Waals surface area contributed by atoms with Crippen LogP contribution in [0.2, 0.25) is 0 Å². The highest BCUT2D eigenvalue weighted by atomic mass is 79.9. The first-order chi connectivity index (χ1) is 9.54. The molecule has 0 radical (unpaired) electrons. The molecule has 0 spiro atoms. The highest BCUT2D eigenvalue weighted by Gasteiger charge is 2.08. The first kappa shape index (κ1) is 19.4. The summed E-state index contributed by atoms with van der Waals surface area (Å²) in [5, 5.41) is 8.49. The number of esters is 1. The zero-order valence-electron chi connectivity index (χ0n) is 12.4. The minimum absolute atomic E-state index is 0.189. The van der Waals surface area contributed by atoms with Crippen LogP contribution in [0.15, 0.2) is 0 Å². The van der Waals surface area contributed by atoms with E-state index in [0.717, 1.165) is 32.1 Å². The maximum atomic E-state index is 11.1. The maximum Gasteiger partial charge on any atom is 0.319 e. The summed E-state index contributed by atoms with van der Waals surface area (Å²) >= 11 is 3.17. The van der Waals surface area contributed by atoms with Crippen molar-refractivity contribution in [2.24, 2.45) is 0 Å². The quantitative estimate of drug-likeness (QED) is 0.305. The average Bonchev–Trinajstić information content (AvgIpc) is 2.39. The molecule has 0 aromatic carbocycles. The molecule has 118 valence electrons. The van der Waals surface area contributed by atoms with Gasteiger partial charge in [0, 0.05) is 6.42 Å². The second-order valence-electron chi connectivity index (χ2n) is 5.11. The molecule has 20 heavy (non-hydrogen) atoms. The molecule has 0 fully saturated rings. The Morgan fingerprint density at radius 2 is 1.40 bits per heavy atom. The van der Waals surface area contributed by atoms with Crippen molar-refractivity contribution in [2.45, 2.75) is 76.0 Å². The second-order valence-corrected chi connectivity index (χ2v) is 6.48. The largest absolute Gasteiger partial charge is 0.481 e. The predicted octanol–water partition coefficient (Wildman–Crippen LogP) is 4.30. The Morgan fingerprint density at radius 1 is 0.950 bits per heavy atom. The van der Waals surface area contributed by atoms with Crippen molar-refractivity contribution in [3.05, 3.63) is 0 Å². The first-order valence-electron chi connectivity index (χ1n) is 7.56. The Labute approximate surface area is 130 Å². The van der Waals surface area contributed by atoms with Crippen LogP contribution in [0.1, 0.15) is 71.1 Å². The first-order valence-corrected chi connectivity index (χ1v) is 8.48. The van der Waals surface area contributed by atoms with Gasteiger partial charge in [0.05, 0.1) is 6.61 Å². The van der Waals surface area contributed by atoms with E-state index < -0.39 is 5.97 Å². The van der Waals surface area contributed by atoms with Crippen molar-refractivity contribution < 1.29 is 19.4 Å².